The van der Waals surface area contributed by atoms with Crippen LogP contribution in [-0.2, 0) is 4.74 Å². The maximum Gasteiger partial charge on any atom is 0.188 e. The van der Waals surface area contributed by atoms with Crippen molar-refractivity contribution in [2.24, 2.45) is 0 Å². The SMILES string of the molecule is CCOCC(=O)c1cccc(Br)c1C. The van der Waals surface area contributed by atoms with Crippen LogP contribution in [-0.4, -0.2) is 19.0 Å². The van der Waals surface area contributed by atoms with Crippen LogP contribution in [0.5, 0.6) is 0 Å². The first-order valence-corrected chi connectivity index (χ1v) is 5.32. The van der Waals surface area contributed by atoms with Crippen molar-refractivity contribution in [2.45, 2.75) is 13.8 Å². The lowest BCUT2D eigenvalue weighted by atomic mass is 10.1. The van der Waals surface area contributed by atoms with Gasteiger partial charge in [-0.25, -0.2) is 0 Å². The maximum atomic E-state index is 11.6. The maximum absolute atomic E-state index is 11.6. The molecule has 0 N–H and O–H groups in total. The fraction of sp³-hybridized carbons (Fsp3) is 0.364. The van der Waals surface area contributed by atoms with E-state index in [2.05, 4.69) is 15.9 Å². The van der Waals surface area contributed by atoms with Gasteiger partial charge in [0.2, 0.25) is 0 Å². The molecular weight excluding hydrogens is 244 g/mol. The third-order valence-electron chi connectivity index (χ3n) is 2.01. The van der Waals surface area contributed by atoms with Gasteiger partial charge in [0.15, 0.2) is 5.78 Å². The standard InChI is InChI=1S/C11H13BrO2/c1-3-14-7-11(13)9-5-4-6-10(12)8(9)2/h4-6H,3,7H2,1-2H3. The Morgan fingerprint density at radius 3 is 2.86 bits per heavy atom. The molecule has 0 amide bonds. The van der Waals surface area contributed by atoms with Crippen molar-refractivity contribution >= 4 is 21.7 Å². The summed E-state index contributed by atoms with van der Waals surface area (Å²) in [6.07, 6.45) is 0. The minimum Gasteiger partial charge on any atom is -0.374 e. The zero-order valence-corrected chi connectivity index (χ0v) is 9.93. The molecule has 0 aliphatic rings. The molecular formula is C11H13BrO2. The Hall–Kier alpha value is -0.670. The lowest BCUT2D eigenvalue weighted by molar-refractivity contribution is 0.0782. The first-order valence-electron chi connectivity index (χ1n) is 4.53. The summed E-state index contributed by atoms with van der Waals surface area (Å²) in [5, 5.41) is 0. The molecule has 0 radical (unpaired) electrons. The van der Waals surface area contributed by atoms with E-state index in [1.807, 2.05) is 32.0 Å². The van der Waals surface area contributed by atoms with E-state index in [-0.39, 0.29) is 12.4 Å². The molecule has 0 heterocycles. The molecule has 0 spiro atoms. The van der Waals surface area contributed by atoms with Gasteiger partial charge in [-0.1, -0.05) is 28.1 Å². The number of carbonyl (C=O) groups is 1. The van der Waals surface area contributed by atoms with Crippen LogP contribution in [0.25, 0.3) is 0 Å². The number of ether oxygens (including phenoxy) is 1. The van der Waals surface area contributed by atoms with E-state index in [0.29, 0.717) is 6.61 Å². The number of halogens is 1. The summed E-state index contributed by atoms with van der Waals surface area (Å²) < 4.78 is 6.04. The van der Waals surface area contributed by atoms with Gasteiger partial charge in [0, 0.05) is 16.6 Å². The topological polar surface area (TPSA) is 26.3 Å². The third-order valence-corrected chi connectivity index (χ3v) is 2.86. The van der Waals surface area contributed by atoms with Gasteiger partial charge in [-0.15, -0.1) is 0 Å². The second-order valence-electron chi connectivity index (χ2n) is 2.97. The van der Waals surface area contributed by atoms with Crippen LogP contribution in [0.4, 0.5) is 0 Å². The van der Waals surface area contributed by atoms with E-state index in [1.165, 1.54) is 0 Å². The highest BCUT2D eigenvalue weighted by molar-refractivity contribution is 9.10. The summed E-state index contributed by atoms with van der Waals surface area (Å²) in [4.78, 5) is 11.6. The van der Waals surface area contributed by atoms with Gasteiger partial charge in [-0.3, -0.25) is 4.79 Å². The minimum atomic E-state index is 0.0330. The van der Waals surface area contributed by atoms with E-state index >= 15 is 0 Å². The Bertz CT molecular complexity index is 334. The normalized spacial score (nSPS) is 10.2. The Labute approximate surface area is 92.4 Å². The largest absolute Gasteiger partial charge is 0.374 e. The number of hydrogen-bond acceptors (Lipinski definition) is 2. The first-order chi connectivity index (χ1) is 6.66. The monoisotopic (exact) mass is 256 g/mol. The summed E-state index contributed by atoms with van der Waals surface area (Å²) in [6, 6.07) is 5.60. The Kier molecular flexibility index (Phi) is 4.29. The van der Waals surface area contributed by atoms with Gasteiger partial charge in [-0.05, 0) is 25.5 Å². The Balaban J connectivity index is 2.84. The zero-order chi connectivity index (χ0) is 10.6. The summed E-state index contributed by atoms with van der Waals surface area (Å²) in [6.45, 7) is 4.52. The van der Waals surface area contributed by atoms with Gasteiger partial charge >= 0.3 is 0 Å². The van der Waals surface area contributed by atoms with Crippen LogP contribution in [0, 0.1) is 6.92 Å². The van der Waals surface area contributed by atoms with Gasteiger partial charge in [-0.2, -0.15) is 0 Å². The third kappa shape index (κ3) is 2.66. The first kappa shape index (κ1) is 11.4. The molecule has 2 nitrogen and oxygen atoms in total. The molecule has 0 fully saturated rings. The number of ketones is 1. The van der Waals surface area contributed by atoms with Crippen molar-refractivity contribution in [3.63, 3.8) is 0 Å². The lowest BCUT2D eigenvalue weighted by Gasteiger charge is -2.06. The fourth-order valence-electron chi connectivity index (χ4n) is 1.18. The quantitative estimate of drug-likeness (QED) is 0.775. The smallest absolute Gasteiger partial charge is 0.188 e. The van der Waals surface area contributed by atoms with Crippen LogP contribution < -0.4 is 0 Å². The molecule has 76 valence electrons. The molecule has 0 aliphatic heterocycles. The molecule has 14 heavy (non-hydrogen) atoms. The average molecular weight is 257 g/mol. The summed E-state index contributed by atoms with van der Waals surface area (Å²) in [7, 11) is 0. The van der Waals surface area contributed by atoms with Crippen LogP contribution in [0.1, 0.15) is 22.8 Å². The summed E-state index contributed by atoms with van der Waals surface area (Å²) in [5.74, 6) is 0.0330. The molecule has 0 saturated heterocycles. The molecule has 0 saturated carbocycles. The average Bonchev–Trinajstić information content (AvgIpc) is 2.18. The van der Waals surface area contributed by atoms with E-state index in [0.717, 1.165) is 15.6 Å². The highest BCUT2D eigenvalue weighted by atomic mass is 79.9. The number of hydrogen-bond donors (Lipinski definition) is 0. The van der Waals surface area contributed by atoms with Crippen molar-refractivity contribution in [1.29, 1.82) is 0 Å². The number of Topliss-reactive ketones (excluding diaryl/α,β-unsaturated/α-hetero) is 1. The van der Waals surface area contributed by atoms with E-state index in [1.54, 1.807) is 0 Å². The zero-order valence-electron chi connectivity index (χ0n) is 8.34. The van der Waals surface area contributed by atoms with Crippen LogP contribution in [0.15, 0.2) is 22.7 Å². The van der Waals surface area contributed by atoms with Crippen LogP contribution in [0.3, 0.4) is 0 Å². The van der Waals surface area contributed by atoms with E-state index in [4.69, 9.17) is 4.74 Å². The minimum absolute atomic E-state index is 0.0330. The molecule has 0 aliphatic carbocycles. The Morgan fingerprint density at radius 1 is 1.50 bits per heavy atom. The van der Waals surface area contributed by atoms with Crippen molar-refractivity contribution in [3.8, 4) is 0 Å². The second-order valence-corrected chi connectivity index (χ2v) is 3.83. The predicted molar refractivity (Wildman–Crippen MR) is 59.7 cm³/mol. The fourth-order valence-corrected chi connectivity index (χ4v) is 1.55. The van der Waals surface area contributed by atoms with E-state index in [9.17, 15) is 4.79 Å². The van der Waals surface area contributed by atoms with Crippen LogP contribution in [0.2, 0.25) is 0 Å². The number of rotatable bonds is 4. The van der Waals surface area contributed by atoms with Crippen molar-refractivity contribution in [1.82, 2.24) is 0 Å². The highest BCUT2D eigenvalue weighted by Crippen LogP contribution is 2.19. The van der Waals surface area contributed by atoms with Gasteiger partial charge < -0.3 is 4.74 Å². The number of carbonyl (C=O) groups excluding carboxylic acids is 1. The van der Waals surface area contributed by atoms with E-state index < -0.39 is 0 Å². The Morgan fingerprint density at radius 2 is 2.21 bits per heavy atom. The molecule has 3 heteroatoms. The van der Waals surface area contributed by atoms with Crippen molar-refractivity contribution < 1.29 is 9.53 Å². The number of benzene rings is 1. The summed E-state index contributed by atoms with van der Waals surface area (Å²) in [5.41, 5.74) is 1.70. The molecule has 0 atom stereocenters. The molecule has 0 unspecified atom stereocenters. The molecule has 0 bridgehead atoms. The van der Waals surface area contributed by atoms with Crippen molar-refractivity contribution in [3.05, 3.63) is 33.8 Å². The van der Waals surface area contributed by atoms with Crippen molar-refractivity contribution in [2.75, 3.05) is 13.2 Å². The molecule has 0 aromatic heterocycles. The summed E-state index contributed by atoms with van der Waals surface area (Å²) >= 11 is 3.39. The van der Waals surface area contributed by atoms with Gasteiger partial charge in [0.1, 0.15) is 6.61 Å². The second kappa shape index (κ2) is 5.27. The predicted octanol–water partition coefficient (Wildman–Crippen LogP) is 2.98. The molecule has 1 aromatic carbocycles. The highest BCUT2D eigenvalue weighted by Gasteiger charge is 2.09. The van der Waals surface area contributed by atoms with Crippen LogP contribution >= 0.6 is 15.9 Å². The lowest BCUT2D eigenvalue weighted by Crippen LogP contribution is -2.10. The molecule has 1 aromatic rings. The van der Waals surface area contributed by atoms with Gasteiger partial charge in [0.05, 0.1) is 0 Å². The molecule has 1 rings (SSSR count). The van der Waals surface area contributed by atoms with Gasteiger partial charge in [0.25, 0.3) is 0 Å².